The fourth-order valence-electron chi connectivity index (χ4n) is 2.05. The molecule has 118 valence electrons. The van der Waals surface area contributed by atoms with E-state index < -0.39 is 5.97 Å². The van der Waals surface area contributed by atoms with E-state index in [1.54, 1.807) is 41.8 Å². The third kappa shape index (κ3) is 3.65. The third-order valence-electron chi connectivity index (χ3n) is 3.23. The second-order valence-corrected chi connectivity index (χ2v) is 5.79. The molecule has 0 aliphatic heterocycles. The van der Waals surface area contributed by atoms with Gasteiger partial charge in [-0.05, 0) is 42.0 Å². The smallest absolute Gasteiger partial charge is 0.358 e. The Hall–Kier alpha value is -3.04. The Morgan fingerprint density at radius 1 is 1.25 bits per heavy atom. The molecule has 0 spiro atoms. The van der Waals surface area contributed by atoms with E-state index in [0.29, 0.717) is 10.6 Å². The first-order chi connectivity index (χ1) is 11.7. The van der Waals surface area contributed by atoms with Crippen LogP contribution in [0.2, 0.25) is 0 Å². The van der Waals surface area contributed by atoms with Crippen molar-refractivity contribution in [3.63, 3.8) is 0 Å². The highest BCUT2D eigenvalue weighted by Crippen LogP contribution is 2.24. The normalized spacial score (nSPS) is 10.2. The molecular weight excluding hydrogens is 327 g/mol. The number of halogens is 1. The maximum atomic E-state index is 12.9. The van der Waals surface area contributed by atoms with E-state index in [1.165, 1.54) is 23.5 Å². The fraction of sp³-hybridized carbons (Fsp3) is 0.0556. The summed E-state index contributed by atoms with van der Waals surface area (Å²) in [6.45, 7) is 0.0672. The number of rotatable bonds is 4. The summed E-state index contributed by atoms with van der Waals surface area (Å²) in [4.78, 5) is 16.3. The first kappa shape index (κ1) is 15.8. The summed E-state index contributed by atoms with van der Waals surface area (Å²) in [5.74, 6) is -0.864. The average molecular weight is 338 g/mol. The van der Waals surface area contributed by atoms with Crippen LogP contribution in [0.4, 0.5) is 4.39 Å². The Kier molecular flexibility index (Phi) is 4.64. The number of thiazole rings is 1. The molecule has 0 unspecified atom stereocenters. The van der Waals surface area contributed by atoms with E-state index in [1.807, 2.05) is 6.07 Å². The molecule has 4 nitrogen and oxygen atoms in total. The van der Waals surface area contributed by atoms with E-state index in [2.05, 4.69) is 4.98 Å². The van der Waals surface area contributed by atoms with Gasteiger partial charge in [-0.1, -0.05) is 12.1 Å². The SMILES string of the molecule is N#Cc1cccc(COC(=O)c2csc(-c3ccc(F)cc3)n2)c1. The quantitative estimate of drug-likeness (QED) is 0.670. The molecule has 0 bridgehead atoms. The Morgan fingerprint density at radius 3 is 2.79 bits per heavy atom. The molecule has 0 aliphatic rings. The van der Waals surface area contributed by atoms with Gasteiger partial charge in [-0.15, -0.1) is 11.3 Å². The predicted octanol–water partition coefficient (Wildman–Crippen LogP) is 4.18. The van der Waals surface area contributed by atoms with Crippen molar-refractivity contribution in [1.29, 1.82) is 5.26 Å². The first-order valence-corrected chi connectivity index (χ1v) is 7.91. The van der Waals surface area contributed by atoms with Gasteiger partial charge < -0.3 is 4.74 Å². The lowest BCUT2D eigenvalue weighted by atomic mass is 10.1. The van der Waals surface area contributed by atoms with Gasteiger partial charge in [0.05, 0.1) is 11.6 Å². The van der Waals surface area contributed by atoms with E-state index in [4.69, 9.17) is 10.00 Å². The van der Waals surface area contributed by atoms with Crippen LogP contribution >= 0.6 is 11.3 Å². The molecule has 0 N–H and O–H groups in total. The summed E-state index contributed by atoms with van der Waals surface area (Å²) in [6, 6.07) is 14.8. The number of hydrogen-bond acceptors (Lipinski definition) is 5. The van der Waals surface area contributed by atoms with Crippen molar-refractivity contribution in [3.05, 3.63) is 76.5 Å². The van der Waals surface area contributed by atoms with Gasteiger partial charge in [0.15, 0.2) is 5.69 Å². The van der Waals surface area contributed by atoms with Crippen molar-refractivity contribution in [2.24, 2.45) is 0 Å². The van der Waals surface area contributed by atoms with Gasteiger partial charge in [0.2, 0.25) is 0 Å². The van der Waals surface area contributed by atoms with Crippen LogP contribution in [-0.2, 0) is 11.3 Å². The zero-order valence-corrected chi connectivity index (χ0v) is 13.2. The number of benzene rings is 2. The number of hydrogen-bond donors (Lipinski definition) is 0. The van der Waals surface area contributed by atoms with Crippen LogP contribution < -0.4 is 0 Å². The highest BCUT2D eigenvalue weighted by atomic mass is 32.1. The summed E-state index contributed by atoms with van der Waals surface area (Å²) >= 11 is 1.29. The number of ether oxygens (including phenoxy) is 1. The van der Waals surface area contributed by atoms with Crippen molar-refractivity contribution < 1.29 is 13.9 Å². The van der Waals surface area contributed by atoms with Gasteiger partial charge in [0, 0.05) is 10.9 Å². The Morgan fingerprint density at radius 2 is 2.04 bits per heavy atom. The van der Waals surface area contributed by atoms with E-state index in [9.17, 15) is 9.18 Å². The Labute approximate surface area is 141 Å². The van der Waals surface area contributed by atoms with Crippen LogP contribution in [0.1, 0.15) is 21.6 Å². The first-order valence-electron chi connectivity index (χ1n) is 7.03. The molecule has 2 aromatic carbocycles. The van der Waals surface area contributed by atoms with Gasteiger partial charge >= 0.3 is 5.97 Å². The van der Waals surface area contributed by atoms with Gasteiger partial charge in [0.25, 0.3) is 0 Å². The number of carbonyl (C=O) groups excluding carboxylic acids is 1. The molecule has 0 saturated carbocycles. The van der Waals surface area contributed by atoms with Crippen molar-refractivity contribution in [2.75, 3.05) is 0 Å². The van der Waals surface area contributed by atoms with Crippen molar-refractivity contribution in [3.8, 4) is 16.6 Å². The summed E-state index contributed by atoms with van der Waals surface area (Å²) < 4.78 is 18.2. The highest BCUT2D eigenvalue weighted by Gasteiger charge is 2.13. The molecule has 0 atom stereocenters. The number of nitriles is 1. The zero-order chi connectivity index (χ0) is 16.9. The number of esters is 1. The van der Waals surface area contributed by atoms with Gasteiger partial charge in [-0.3, -0.25) is 0 Å². The molecule has 1 heterocycles. The summed E-state index contributed by atoms with van der Waals surface area (Å²) in [6.07, 6.45) is 0. The molecule has 1 aromatic heterocycles. The molecular formula is C18H11FN2O2S. The standard InChI is InChI=1S/C18H11FN2O2S/c19-15-6-4-14(5-7-15)17-21-16(11-24-17)18(22)23-10-13-3-1-2-12(8-13)9-20/h1-8,11H,10H2. The second kappa shape index (κ2) is 7.02. The molecule has 0 radical (unpaired) electrons. The zero-order valence-electron chi connectivity index (χ0n) is 12.4. The van der Waals surface area contributed by atoms with Crippen molar-refractivity contribution in [2.45, 2.75) is 6.61 Å². The Bertz CT molecular complexity index is 913. The van der Waals surface area contributed by atoms with E-state index in [0.717, 1.165) is 11.1 Å². The van der Waals surface area contributed by atoms with Crippen LogP contribution in [0.3, 0.4) is 0 Å². The monoisotopic (exact) mass is 338 g/mol. The molecule has 24 heavy (non-hydrogen) atoms. The summed E-state index contributed by atoms with van der Waals surface area (Å²) in [5, 5.41) is 11.1. The maximum Gasteiger partial charge on any atom is 0.358 e. The molecule has 0 saturated heterocycles. The maximum absolute atomic E-state index is 12.9. The predicted molar refractivity (Wildman–Crippen MR) is 87.8 cm³/mol. The van der Waals surface area contributed by atoms with Crippen LogP contribution in [0, 0.1) is 17.1 Å². The van der Waals surface area contributed by atoms with E-state index in [-0.39, 0.29) is 18.1 Å². The largest absolute Gasteiger partial charge is 0.456 e. The lowest BCUT2D eigenvalue weighted by molar-refractivity contribution is 0.0467. The molecule has 3 aromatic rings. The second-order valence-electron chi connectivity index (χ2n) is 4.93. The van der Waals surface area contributed by atoms with Crippen LogP contribution in [0.5, 0.6) is 0 Å². The minimum Gasteiger partial charge on any atom is -0.456 e. The summed E-state index contributed by atoms with van der Waals surface area (Å²) in [7, 11) is 0. The van der Waals surface area contributed by atoms with Crippen LogP contribution in [-0.4, -0.2) is 11.0 Å². The average Bonchev–Trinajstić information content (AvgIpc) is 3.10. The molecule has 3 rings (SSSR count). The minimum atomic E-state index is -0.540. The fourth-order valence-corrected chi connectivity index (χ4v) is 2.84. The van der Waals surface area contributed by atoms with Gasteiger partial charge in [-0.2, -0.15) is 5.26 Å². The minimum absolute atomic E-state index is 0.0672. The molecule has 0 aliphatic carbocycles. The number of aromatic nitrogens is 1. The highest BCUT2D eigenvalue weighted by molar-refractivity contribution is 7.13. The van der Waals surface area contributed by atoms with Crippen LogP contribution in [0.25, 0.3) is 10.6 Å². The summed E-state index contributed by atoms with van der Waals surface area (Å²) in [5.41, 5.74) is 2.19. The lowest BCUT2D eigenvalue weighted by Gasteiger charge is -2.03. The topological polar surface area (TPSA) is 63.0 Å². The van der Waals surface area contributed by atoms with Crippen molar-refractivity contribution >= 4 is 17.3 Å². The van der Waals surface area contributed by atoms with Gasteiger partial charge in [0.1, 0.15) is 17.4 Å². The molecule has 0 fully saturated rings. The number of carbonyl (C=O) groups is 1. The number of nitrogens with zero attached hydrogens (tertiary/aromatic N) is 2. The third-order valence-corrected chi connectivity index (χ3v) is 4.12. The van der Waals surface area contributed by atoms with Gasteiger partial charge in [-0.25, -0.2) is 14.2 Å². The van der Waals surface area contributed by atoms with Crippen molar-refractivity contribution in [1.82, 2.24) is 4.98 Å². The van der Waals surface area contributed by atoms with E-state index >= 15 is 0 Å². The Balaban J connectivity index is 1.67. The van der Waals surface area contributed by atoms with Crippen LogP contribution in [0.15, 0.2) is 53.9 Å². The molecule has 6 heteroatoms. The lowest BCUT2D eigenvalue weighted by Crippen LogP contribution is -2.05. The molecule has 0 amide bonds.